The Balaban J connectivity index is 1.37. The summed E-state index contributed by atoms with van der Waals surface area (Å²) in [6.07, 6.45) is 0. The molecular formula is C46H30N6. The van der Waals surface area contributed by atoms with Crippen molar-refractivity contribution in [3.63, 3.8) is 0 Å². The molecule has 0 spiro atoms. The van der Waals surface area contributed by atoms with Crippen molar-refractivity contribution >= 4 is 65.4 Å². The van der Waals surface area contributed by atoms with Gasteiger partial charge in [-0.3, -0.25) is 9.13 Å². The molecule has 4 heterocycles. The molecule has 244 valence electrons. The van der Waals surface area contributed by atoms with Crippen LogP contribution < -0.4 is 0 Å². The average molecular weight is 678 g/mol. The molecule has 11 rings (SSSR count). The number of para-hydroxylation sites is 6. The number of benzene rings is 7. The highest BCUT2D eigenvalue weighted by atomic mass is 15.3. The lowest BCUT2D eigenvalue weighted by molar-refractivity contribution is 0.892. The Morgan fingerprint density at radius 2 is 0.904 bits per heavy atom. The van der Waals surface area contributed by atoms with Gasteiger partial charge in [0.1, 0.15) is 0 Å². The van der Waals surface area contributed by atoms with E-state index < -0.39 is 54.4 Å². The summed E-state index contributed by atoms with van der Waals surface area (Å²) in [5.74, 6) is -0.00156. The lowest BCUT2D eigenvalue weighted by Crippen LogP contribution is -2.11. The summed E-state index contributed by atoms with van der Waals surface area (Å²) in [4.78, 5) is 15.3. The number of aromatic nitrogens is 6. The Labute approximate surface area is 313 Å². The first-order chi connectivity index (χ1) is 30.3. The van der Waals surface area contributed by atoms with Crippen molar-refractivity contribution in [2.24, 2.45) is 0 Å². The fourth-order valence-corrected chi connectivity index (χ4v) is 7.41. The van der Waals surface area contributed by atoms with E-state index in [1.807, 2.05) is 106 Å². The van der Waals surface area contributed by atoms with Gasteiger partial charge in [0.2, 0.25) is 11.9 Å². The predicted molar refractivity (Wildman–Crippen MR) is 213 cm³/mol. The lowest BCUT2D eigenvalue weighted by atomic mass is 10.1. The molecule has 7 aromatic carbocycles. The van der Waals surface area contributed by atoms with E-state index in [0.717, 1.165) is 48.2 Å². The highest BCUT2D eigenvalue weighted by Crippen LogP contribution is 2.38. The molecule has 0 fully saturated rings. The third-order valence-electron chi connectivity index (χ3n) is 9.57. The molecule has 4 aromatic heterocycles. The molecule has 0 N–H and O–H groups in total. The first-order valence-electron chi connectivity index (χ1n) is 22.2. The summed E-state index contributed by atoms with van der Waals surface area (Å²) in [5, 5.41) is 3.43. The third kappa shape index (κ3) is 4.09. The second kappa shape index (κ2) is 11.0. The Morgan fingerprint density at radius 3 is 1.48 bits per heavy atom. The van der Waals surface area contributed by atoms with Crippen LogP contribution in [0.2, 0.25) is 0 Å². The second-order valence-electron chi connectivity index (χ2n) is 12.5. The van der Waals surface area contributed by atoms with E-state index in [2.05, 4.69) is 0 Å². The number of hydrogen-bond donors (Lipinski definition) is 0. The summed E-state index contributed by atoms with van der Waals surface area (Å²) < 4.78 is 105. The highest BCUT2D eigenvalue weighted by Gasteiger charge is 2.22. The summed E-state index contributed by atoms with van der Waals surface area (Å²) in [6.45, 7) is 1.48. The summed E-state index contributed by atoms with van der Waals surface area (Å²) in [7, 11) is 0. The molecule has 6 nitrogen and oxygen atoms in total. The zero-order valence-corrected chi connectivity index (χ0v) is 27.4. The molecular weight excluding hydrogens is 637 g/mol. The van der Waals surface area contributed by atoms with E-state index in [9.17, 15) is 6.85 Å². The maximum atomic E-state index is 9.60. The van der Waals surface area contributed by atoms with Crippen LogP contribution in [0.1, 0.15) is 20.6 Å². The SMILES string of the molecule is [2H]c1c([2H])c([2H])c(-n2c3c([2H])c([2H])c([2H])c([2H])c3c3c([2H])c(C)c([2H])c([2H])c32)c(-c2nc(-n3c4ccccc4c4ccccc43)nc(-n3c4ccccc4c4ccccc43)n2)c1[2H]. The van der Waals surface area contributed by atoms with Crippen molar-refractivity contribution in [1.82, 2.24) is 28.7 Å². The van der Waals surface area contributed by atoms with Crippen LogP contribution >= 0.6 is 0 Å². The van der Waals surface area contributed by atoms with E-state index in [1.165, 1.54) is 6.92 Å². The minimum absolute atomic E-state index is 0.0681. The summed E-state index contributed by atoms with van der Waals surface area (Å²) >= 11 is 0. The van der Waals surface area contributed by atoms with Crippen LogP contribution in [-0.4, -0.2) is 28.7 Å². The van der Waals surface area contributed by atoms with Crippen molar-refractivity contribution in [2.45, 2.75) is 6.92 Å². The Hall–Kier alpha value is -7.05. The molecule has 0 radical (unpaired) electrons. The molecule has 0 aliphatic rings. The normalized spacial score (nSPS) is 14.9. The lowest BCUT2D eigenvalue weighted by Gasteiger charge is -2.16. The van der Waals surface area contributed by atoms with E-state index in [1.54, 1.807) is 0 Å². The van der Waals surface area contributed by atoms with Gasteiger partial charge in [-0.15, -0.1) is 0 Å². The summed E-state index contributed by atoms with van der Waals surface area (Å²) in [6, 6.07) is 25.1. The van der Waals surface area contributed by atoms with Gasteiger partial charge >= 0.3 is 0 Å². The van der Waals surface area contributed by atoms with Crippen LogP contribution in [0, 0.1) is 6.92 Å². The Morgan fingerprint density at radius 1 is 0.423 bits per heavy atom. The molecule has 0 unspecified atom stereocenters. The van der Waals surface area contributed by atoms with Gasteiger partial charge in [-0.25, -0.2) is 0 Å². The first kappa shape index (κ1) is 20.0. The van der Waals surface area contributed by atoms with E-state index in [0.29, 0.717) is 0 Å². The van der Waals surface area contributed by atoms with E-state index in [-0.39, 0.29) is 68.4 Å². The minimum Gasteiger partial charge on any atom is -0.309 e. The van der Waals surface area contributed by atoms with Crippen molar-refractivity contribution in [1.29, 1.82) is 0 Å². The number of fused-ring (bicyclic) bond motifs is 9. The van der Waals surface area contributed by atoms with Gasteiger partial charge in [0, 0.05) is 37.9 Å². The van der Waals surface area contributed by atoms with Crippen molar-refractivity contribution < 1.29 is 15.1 Å². The molecule has 0 bridgehead atoms. The zero-order chi connectivity index (χ0) is 43.9. The number of rotatable bonds is 4. The van der Waals surface area contributed by atoms with Gasteiger partial charge < -0.3 is 4.57 Å². The van der Waals surface area contributed by atoms with Crippen LogP contribution in [-0.2, 0) is 0 Å². The third-order valence-corrected chi connectivity index (χ3v) is 9.57. The quantitative estimate of drug-likeness (QED) is 0.186. The van der Waals surface area contributed by atoms with Crippen LogP contribution in [0.3, 0.4) is 0 Å². The predicted octanol–water partition coefficient (Wildman–Crippen LogP) is 11.1. The monoisotopic (exact) mass is 677 g/mol. The molecule has 11 aromatic rings. The van der Waals surface area contributed by atoms with Gasteiger partial charge in [-0.05, 0) is 61.4 Å². The maximum absolute atomic E-state index is 9.60. The molecule has 6 heteroatoms. The molecule has 0 saturated carbocycles. The van der Waals surface area contributed by atoms with E-state index in [4.69, 9.17) is 23.2 Å². The minimum atomic E-state index is -0.676. The van der Waals surface area contributed by atoms with Crippen LogP contribution in [0.25, 0.3) is 94.4 Å². The zero-order valence-electron chi connectivity index (χ0n) is 38.4. The molecule has 0 amide bonds. The average Bonchev–Trinajstić information content (AvgIpc) is 3.95. The van der Waals surface area contributed by atoms with Gasteiger partial charge in [-0.1, -0.05) is 115 Å². The number of nitrogens with zero attached hydrogens (tertiary/aromatic N) is 6. The van der Waals surface area contributed by atoms with Gasteiger partial charge in [0.25, 0.3) is 0 Å². The first-order valence-corrected chi connectivity index (χ1v) is 16.7. The standard InChI is InChI=1S/C46H30N6/c1-29-26-27-43-36(28-29)34-18-6-8-20-37(34)50(43)42-25-13-7-19-35(42)44-47-45(51-38-21-9-2-14-30(38)31-15-3-10-22-39(31)51)49-46(48-44)52-40-23-11-4-16-32(40)33-17-5-12-24-41(33)52/h2-28H,1H3/i6D,7D,8D,13D,18D,19D,20D,25D,26D,27D,28D. The van der Waals surface area contributed by atoms with Crippen molar-refractivity contribution in [2.75, 3.05) is 0 Å². The van der Waals surface area contributed by atoms with Crippen LogP contribution in [0.15, 0.2) is 164 Å². The topological polar surface area (TPSA) is 53.5 Å². The van der Waals surface area contributed by atoms with E-state index >= 15 is 0 Å². The molecule has 52 heavy (non-hydrogen) atoms. The Bertz CT molecular complexity index is 3540. The largest absolute Gasteiger partial charge is 0.309 e. The van der Waals surface area contributed by atoms with Crippen molar-refractivity contribution in [3.05, 3.63) is 169 Å². The van der Waals surface area contributed by atoms with Gasteiger partial charge in [0.05, 0.1) is 53.9 Å². The molecule has 0 aliphatic heterocycles. The molecule has 0 aliphatic carbocycles. The maximum Gasteiger partial charge on any atom is 0.240 e. The van der Waals surface area contributed by atoms with Gasteiger partial charge in [0.15, 0.2) is 5.82 Å². The van der Waals surface area contributed by atoms with Crippen LogP contribution in [0.5, 0.6) is 0 Å². The van der Waals surface area contributed by atoms with Gasteiger partial charge in [-0.2, -0.15) is 15.0 Å². The van der Waals surface area contributed by atoms with Crippen LogP contribution in [0.4, 0.5) is 0 Å². The number of hydrogen-bond acceptors (Lipinski definition) is 3. The smallest absolute Gasteiger partial charge is 0.240 e. The van der Waals surface area contributed by atoms with Crippen molar-refractivity contribution in [3.8, 4) is 29.0 Å². The highest BCUT2D eigenvalue weighted by molar-refractivity contribution is 6.11. The fraction of sp³-hybridized carbons (Fsp3) is 0.0217. The fourth-order valence-electron chi connectivity index (χ4n) is 7.41. The summed E-state index contributed by atoms with van der Waals surface area (Å²) in [5.41, 5.74) is 2.03. The molecule has 0 atom stereocenters. The Kier molecular flexibility index (Phi) is 4.21. The molecule has 0 saturated heterocycles. The second-order valence-corrected chi connectivity index (χ2v) is 12.5.